The first-order valence-electron chi connectivity index (χ1n) is 14.1. The molecule has 242 valence electrons. The molecule has 0 aromatic heterocycles. The number of alkyl halides is 3. The number of anilines is 1. The summed E-state index contributed by atoms with van der Waals surface area (Å²) in [6, 6.07) is 18.3. The summed E-state index contributed by atoms with van der Waals surface area (Å²) in [6.45, 7) is 4.20. The van der Waals surface area contributed by atoms with Crippen molar-refractivity contribution < 1.29 is 36.9 Å². The molecule has 0 saturated carbocycles. The van der Waals surface area contributed by atoms with Crippen molar-refractivity contribution in [3.05, 3.63) is 95.1 Å². The minimum absolute atomic E-state index is 0. The van der Waals surface area contributed by atoms with Gasteiger partial charge in [-0.3, -0.25) is 18.2 Å². The predicted octanol–water partition coefficient (Wildman–Crippen LogP) is 6.28. The van der Waals surface area contributed by atoms with Crippen LogP contribution in [0.1, 0.15) is 47.3 Å². The Morgan fingerprint density at radius 1 is 1.02 bits per heavy atom. The zero-order chi connectivity index (χ0) is 31.2. The van der Waals surface area contributed by atoms with Crippen LogP contribution in [0.3, 0.4) is 0 Å². The molecule has 0 aliphatic carbocycles. The molecule has 1 aliphatic rings. The number of carbonyl (C=O) groups is 1. The van der Waals surface area contributed by atoms with Gasteiger partial charge in [-0.05, 0) is 56.0 Å². The highest BCUT2D eigenvalue weighted by molar-refractivity contribution is 8.25. The Bertz CT molecular complexity index is 1380. The van der Waals surface area contributed by atoms with Gasteiger partial charge >= 0.3 is 6.18 Å². The van der Waals surface area contributed by atoms with Crippen molar-refractivity contribution >= 4 is 34.8 Å². The molecule has 0 bridgehead atoms. The van der Waals surface area contributed by atoms with Crippen molar-refractivity contribution in [2.75, 3.05) is 23.1 Å². The number of hydrogen-bond donors (Lipinski definition) is 5. The zero-order valence-corrected chi connectivity index (χ0v) is 26.1. The minimum Gasteiger partial charge on any atom is -0.491 e. The van der Waals surface area contributed by atoms with E-state index in [9.17, 15) is 32.2 Å². The second-order valence-electron chi connectivity index (χ2n) is 10.8. The Morgan fingerprint density at radius 3 is 2.36 bits per heavy atom. The van der Waals surface area contributed by atoms with E-state index >= 15 is 0 Å². The number of nitrogens with one attached hydrogen (secondary N) is 2. The van der Waals surface area contributed by atoms with Crippen LogP contribution in [0.25, 0.3) is 0 Å². The molecule has 0 unspecified atom stereocenters. The van der Waals surface area contributed by atoms with E-state index in [-0.39, 0.29) is 42.9 Å². The number of hydrogen-bond acceptors (Lipinski definition) is 7. The molecular weight excluding hydrogens is 619 g/mol. The number of rotatable bonds is 12. The number of ether oxygens (including phenoxy) is 1. The first-order valence-corrected chi connectivity index (χ1v) is 15.7. The van der Waals surface area contributed by atoms with Gasteiger partial charge in [-0.1, -0.05) is 48.5 Å². The first-order chi connectivity index (χ1) is 20.3. The lowest BCUT2D eigenvalue weighted by atomic mass is 10.00. The van der Waals surface area contributed by atoms with Crippen LogP contribution in [-0.4, -0.2) is 57.2 Å². The summed E-state index contributed by atoms with van der Waals surface area (Å²) in [7, 11) is -3.01. The number of aliphatic hydroxyl groups excluding tert-OH is 1. The van der Waals surface area contributed by atoms with Gasteiger partial charge in [0.2, 0.25) is 0 Å². The normalized spacial score (nSPS) is 16.6. The first kappa shape index (κ1) is 35.5. The molecule has 1 saturated heterocycles. The molecule has 44 heavy (non-hydrogen) atoms. The standard InChI is InChI=1S/C31H38F3N3O5S.ClH/c1-21(2)42-27-17-24(16-26(18-27)37-12-7-13-43(37,40)41)30(39)36-28(15-22-8-4-3-5-9-22)29(38)20-35-19-23-10-6-11-25(14-23)31(32,33)34;/h3-6,8-11,14,16-18,21,28-29,35,38,40-41H,7,12-13,15,19-20H2,1-2H3,(H,36,39);1H/t28-,29-;/m0./s1. The van der Waals surface area contributed by atoms with Gasteiger partial charge in [0.05, 0.1) is 35.3 Å². The summed E-state index contributed by atoms with van der Waals surface area (Å²) in [4.78, 5) is 13.6. The van der Waals surface area contributed by atoms with E-state index < -0.39 is 40.6 Å². The number of halogens is 4. The predicted molar refractivity (Wildman–Crippen MR) is 170 cm³/mol. The van der Waals surface area contributed by atoms with Crippen molar-refractivity contribution in [1.82, 2.24) is 10.6 Å². The highest BCUT2D eigenvalue weighted by Crippen LogP contribution is 2.51. The van der Waals surface area contributed by atoms with Crippen LogP contribution >= 0.6 is 23.2 Å². The lowest BCUT2D eigenvalue weighted by molar-refractivity contribution is -0.137. The molecule has 8 nitrogen and oxygen atoms in total. The number of carbonyl (C=O) groups excluding carboxylic acids is 1. The summed E-state index contributed by atoms with van der Waals surface area (Å²) in [5.74, 6) is 0.134. The maximum atomic E-state index is 13.6. The molecule has 3 aromatic rings. The van der Waals surface area contributed by atoms with Gasteiger partial charge < -0.3 is 20.5 Å². The Morgan fingerprint density at radius 2 is 1.73 bits per heavy atom. The summed E-state index contributed by atoms with van der Waals surface area (Å²) in [6.07, 6.45) is -4.85. The third kappa shape index (κ3) is 9.75. The summed E-state index contributed by atoms with van der Waals surface area (Å²) >= 11 is 0. The van der Waals surface area contributed by atoms with E-state index in [0.29, 0.717) is 36.4 Å². The molecule has 3 aromatic carbocycles. The van der Waals surface area contributed by atoms with Crippen LogP contribution in [0.15, 0.2) is 72.8 Å². The zero-order valence-electron chi connectivity index (χ0n) is 24.5. The average molecular weight is 658 g/mol. The van der Waals surface area contributed by atoms with Gasteiger partial charge in [-0.25, -0.2) is 0 Å². The highest BCUT2D eigenvalue weighted by atomic mass is 35.5. The maximum Gasteiger partial charge on any atom is 0.416 e. The minimum atomic E-state index is -4.45. The molecule has 13 heteroatoms. The SMILES string of the molecule is CC(C)Oc1cc(C(=O)N[C@@H](Cc2ccccc2)[C@@H](O)CNCc2cccc(C(F)(F)F)c2)cc(N2CCCS2(O)O)c1.Cl. The fourth-order valence-electron chi connectivity index (χ4n) is 4.92. The average Bonchev–Trinajstić information content (AvgIpc) is 3.31. The van der Waals surface area contributed by atoms with Crippen molar-refractivity contribution in [1.29, 1.82) is 0 Å². The van der Waals surface area contributed by atoms with Crippen LogP contribution in [0.2, 0.25) is 0 Å². The van der Waals surface area contributed by atoms with Gasteiger partial charge in [0, 0.05) is 31.3 Å². The van der Waals surface area contributed by atoms with E-state index in [0.717, 1.165) is 17.7 Å². The van der Waals surface area contributed by atoms with Crippen molar-refractivity contribution in [2.45, 2.75) is 57.7 Å². The fraction of sp³-hybridized carbons (Fsp3) is 0.387. The third-order valence-corrected chi connectivity index (χ3v) is 8.90. The van der Waals surface area contributed by atoms with Crippen molar-refractivity contribution in [3.63, 3.8) is 0 Å². The van der Waals surface area contributed by atoms with E-state index in [1.165, 1.54) is 10.4 Å². The van der Waals surface area contributed by atoms with Gasteiger partial charge in [-0.15, -0.1) is 23.2 Å². The summed E-state index contributed by atoms with van der Waals surface area (Å²) < 4.78 is 67.7. The Balaban J connectivity index is 0.00000529. The van der Waals surface area contributed by atoms with Crippen LogP contribution in [0.5, 0.6) is 5.75 Å². The summed E-state index contributed by atoms with van der Waals surface area (Å²) in [5.41, 5.74) is 1.20. The summed E-state index contributed by atoms with van der Waals surface area (Å²) in [5, 5.41) is 17.0. The molecule has 1 fully saturated rings. The van der Waals surface area contributed by atoms with E-state index in [1.54, 1.807) is 24.3 Å². The van der Waals surface area contributed by atoms with E-state index in [4.69, 9.17) is 4.74 Å². The lowest BCUT2D eigenvalue weighted by Crippen LogP contribution is -2.48. The molecule has 1 heterocycles. The molecule has 1 amide bonds. The molecule has 4 rings (SSSR count). The molecule has 1 aliphatic heterocycles. The number of nitrogens with zero attached hydrogens (tertiary/aromatic N) is 1. The molecule has 0 radical (unpaired) electrons. The number of benzene rings is 3. The quantitative estimate of drug-likeness (QED) is 0.156. The van der Waals surface area contributed by atoms with Crippen molar-refractivity contribution in [3.8, 4) is 5.75 Å². The Kier molecular flexibility index (Phi) is 12.4. The Hall–Kier alpha value is -3.00. The van der Waals surface area contributed by atoms with Crippen LogP contribution in [-0.2, 0) is 19.1 Å². The fourth-order valence-corrected chi connectivity index (χ4v) is 6.52. The smallest absolute Gasteiger partial charge is 0.416 e. The number of aliphatic hydroxyl groups is 1. The third-order valence-electron chi connectivity index (χ3n) is 6.96. The highest BCUT2D eigenvalue weighted by Gasteiger charge is 2.32. The van der Waals surface area contributed by atoms with Crippen LogP contribution in [0.4, 0.5) is 18.9 Å². The molecule has 2 atom stereocenters. The molecular formula is C31H39ClF3N3O5S. The van der Waals surface area contributed by atoms with Gasteiger partial charge in [-0.2, -0.15) is 13.2 Å². The second-order valence-corrected chi connectivity index (χ2v) is 13.0. The van der Waals surface area contributed by atoms with Crippen LogP contribution < -0.4 is 19.7 Å². The second kappa shape index (κ2) is 15.3. The number of amides is 1. The Labute approximate surface area is 263 Å². The van der Waals surface area contributed by atoms with E-state index in [2.05, 4.69) is 10.6 Å². The van der Waals surface area contributed by atoms with Crippen molar-refractivity contribution in [2.24, 2.45) is 0 Å². The monoisotopic (exact) mass is 657 g/mol. The van der Waals surface area contributed by atoms with Crippen LogP contribution in [0, 0.1) is 0 Å². The molecule has 5 N–H and O–H groups in total. The lowest BCUT2D eigenvalue weighted by Gasteiger charge is -2.38. The van der Waals surface area contributed by atoms with E-state index in [1.807, 2.05) is 44.2 Å². The van der Waals surface area contributed by atoms with Gasteiger partial charge in [0.15, 0.2) is 0 Å². The topological polar surface area (TPSA) is 114 Å². The maximum absolute atomic E-state index is 13.6. The molecule has 0 spiro atoms. The van der Waals surface area contributed by atoms with Gasteiger partial charge in [0.25, 0.3) is 5.91 Å². The van der Waals surface area contributed by atoms with Gasteiger partial charge in [0.1, 0.15) is 5.75 Å². The largest absolute Gasteiger partial charge is 0.491 e.